The van der Waals surface area contributed by atoms with Gasteiger partial charge in [-0.2, -0.15) is 4.68 Å². The molecule has 1 saturated carbocycles. The van der Waals surface area contributed by atoms with Crippen molar-refractivity contribution in [2.75, 3.05) is 0 Å². The molecule has 0 bridgehead atoms. The molecule has 17 heteroatoms. The summed E-state index contributed by atoms with van der Waals surface area (Å²) in [5.41, 5.74) is -0.964. The molecule has 1 fully saturated rings. The fourth-order valence-corrected chi connectivity index (χ4v) is 3.28. The maximum absolute atomic E-state index is 12.8. The van der Waals surface area contributed by atoms with Crippen molar-refractivity contribution in [1.82, 2.24) is 30.0 Å². The Morgan fingerprint density at radius 3 is 2.11 bits per heavy atom. The van der Waals surface area contributed by atoms with Crippen molar-refractivity contribution in [3.63, 3.8) is 0 Å². The van der Waals surface area contributed by atoms with Crippen molar-refractivity contribution in [3.8, 4) is 17.3 Å². The summed E-state index contributed by atoms with van der Waals surface area (Å²) in [6.07, 6.45) is -6.78. The minimum atomic E-state index is -5.25. The maximum atomic E-state index is 12.8. The lowest BCUT2D eigenvalue weighted by atomic mass is 10.1. The Morgan fingerprint density at radius 1 is 1.03 bits per heavy atom. The van der Waals surface area contributed by atoms with Gasteiger partial charge in [0.05, 0.1) is 18.4 Å². The molecule has 1 aromatic carbocycles. The molecule has 1 amide bonds. The first kappa shape index (κ1) is 26.6. The molecule has 1 atom stereocenters. The molecule has 38 heavy (non-hydrogen) atoms. The van der Waals surface area contributed by atoms with E-state index in [0.29, 0.717) is 24.0 Å². The molecule has 3 aromatic rings. The van der Waals surface area contributed by atoms with Gasteiger partial charge in [0.15, 0.2) is 23.2 Å². The Kier molecular flexibility index (Phi) is 6.86. The van der Waals surface area contributed by atoms with Crippen LogP contribution in [0.3, 0.4) is 0 Å². The topological polar surface area (TPSA) is 141 Å². The normalized spacial score (nSPS) is 14.6. The lowest BCUT2D eigenvalue weighted by Crippen LogP contribution is -2.29. The minimum absolute atomic E-state index is 0.0439. The zero-order valence-electron chi connectivity index (χ0n) is 19.0. The van der Waals surface area contributed by atoms with E-state index in [2.05, 4.69) is 34.8 Å². The average molecular weight is 546 g/mol. The summed E-state index contributed by atoms with van der Waals surface area (Å²) in [6, 6.07) is 0.520. The van der Waals surface area contributed by atoms with Gasteiger partial charge in [0.25, 0.3) is 5.91 Å². The smallest absolute Gasteiger partial charge is 0.476 e. The lowest BCUT2D eigenvalue weighted by molar-refractivity contribution is -0.276. The number of benzene rings is 1. The summed E-state index contributed by atoms with van der Waals surface area (Å²) < 4.78 is 84.6. The van der Waals surface area contributed by atoms with Gasteiger partial charge in [-0.1, -0.05) is 0 Å². The largest absolute Gasteiger partial charge is 0.573 e. The maximum Gasteiger partial charge on any atom is 0.573 e. The molecule has 0 unspecified atom stereocenters. The first-order valence-corrected chi connectivity index (χ1v) is 10.7. The zero-order chi connectivity index (χ0) is 27.8. The van der Waals surface area contributed by atoms with Crippen molar-refractivity contribution in [2.24, 2.45) is 0 Å². The van der Waals surface area contributed by atoms with Crippen LogP contribution in [0.25, 0.3) is 5.82 Å². The van der Waals surface area contributed by atoms with Crippen molar-refractivity contribution < 1.29 is 50.5 Å². The van der Waals surface area contributed by atoms with Gasteiger partial charge in [0, 0.05) is 17.5 Å². The first-order valence-electron chi connectivity index (χ1n) is 10.7. The van der Waals surface area contributed by atoms with Crippen molar-refractivity contribution in [2.45, 2.75) is 44.4 Å². The second kappa shape index (κ2) is 9.79. The van der Waals surface area contributed by atoms with Gasteiger partial charge in [-0.05, 0) is 31.9 Å². The van der Waals surface area contributed by atoms with Crippen LogP contribution < -0.4 is 14.8 Å². The van der Waals surface area contributed by atoms with Crippen LogP contribution >= 0.6 is 0 Å². The number of carboxylic acids is 1. The molecule has 2 N–H and O–H groups in total. The van der Waals surface area contributed by atoms with Crippen LogP contribution in [0, 0.1) is 0 Å². The van der Waals surface area contributed by atoms with E-state index in [-0.39, 0.29) is 23.3 Å². The van der Waals surface area contributed by atoms with E-state index < -0.39 is 47.7 Å². The van der Waals surface area contributed by atoms with Crippen molar-refractivity contribution >= 4 is 11.9 Å². The minimum Gasteiger partial charge on any atom is -0.476 e. The Morgan fingerprint density at radius 2 is 1.63 bits per heavy atom. The van der Waals surface area contributed by atoms with E-state index in [9.17, 15) is 35.9 Å². The standard InChI is InChI=1S/C21H16F6N6O5/c1-9(17-31-16(10-2-3-10)32-33(17)15-8-28-14(7-29-15)19(35)36)30-18(34)11-4-12(37-20(22,23)24)6-13(5-11)38-21(25,26)27/h4-10H,2-3H2,1H3,(H,30,34)(H,35,36)/t9-/m0/s1. The number of amides is 1. The summed E-state index contributed by atoms with van der Waals surface area (Å²) in [7, 11) is 0. The SMILES string of the molecule is C[C@H](NC(=O)c1cc(OC(F)(F)F)cc(OC(F)(F)F)c1)c1nc(C2CC2)nn1-c1cnc(C(=O)O)cn1. The Labute approximate surface area is 208 Å². The number of halogens is 6. The molecule has 202 valence electrons. The predicted octanol–water partition coefficient (Wildman–Crippen LogP) is 3.92. The number of carbonyl (C=O) groups excluding carboxylic acids is 1. The Hall–Kier alpha value is -4.44. The molecule has 1 aliphatic rings. The van der Waals surface area contributed by atoms with Gasteiger partial charge in [-0.15, -0.1) is 31.4 Å². The molecular formula is C21H16F6N6O5. The summed E-state index contributed by atoms with van der Waals surface area (Å²) in [6.45, 7) is 1.44. The Bertz CT molecular complexity index is 1320. The monoisotopic (exact) mass is 546 g/mol. The van der Waals surface area contributed by atoms with Crippen LogP contribution in [0.4, 0.5) is 26.3 Å². The summed E-state index contributed by atoms with van der Waals surface area (Å²) in [4.78, 5) is 36.1. The second-order valence-corrected chi connectivity index (χ2v) is 8.06. The number of aromatic carboxylic acids is 1. The number of hydrogen-bond acceptors (Lipinski definition) is 8. The molecular weight excluding hydrogens is 530 g/mol. The number of carboxylic acid groups (broad SMARTS) is 1. The first-order chi connectivity index (χ1) is 17.7. The van der Waals surface area contributed by atoms with E-state index in [4.69, 9.17) is 5.11 Å². The molecule has 0 aliphatic heterocycles. The van der Waals surface area contributed by atoms with Crippen LogP contribution in [-0.2, 0) is 0 Å². The van der Waals surface area contributed by atoms with Gasteiger partial charge in [0.2, 0.25) is 0 Å². The molecule has 0 saturated heterocycles. The van der Waals surface area contributed by atoms with Crippen molar-refractivity contribution in [3.05, 3.63) is 53.5 Å². The summed E-state index contributed by atoms with van der Waals surface area (Å²) in [5.74, 6) is -3.98. The molecule has 2 aromatic heterocycles. The molecule has 1 aliphatic carbocycles. The Balaban J connectivity index is 1.63. The van der Waals surface area contributed by atoms with Gasteiger partial charge >= 0.3 is 18.7 Å². The number of aromatic nitrogens is 5. The third-order valence-electron chi connectivity index (χ3n) is 5.01. The third-order valence-corrected chi connectivity index (χ3v) is 5.01. The highest BCUT2D eigenvalue weighted by atomic mass is 19.4. The lowest BCUT2D eigenvalue weighted by Gasteiger charge is -2.16. The molecule has 11 nitrogen and oxygen atoms in total. The molecule has 4 rings (SSSR count). The van der Waals surface area contributed by atoms with E-state index in [1.165, 1.54) is 11.6 Å². The molecule has 0 radical (unpaired) electrons. The van der Waals surface area contributed by atoms with Crippen LogP contribution in [0.15, 0.2) is 30.6 Å². The fraction of sp³-hybridized carbons (Fsp3) is 0.333. The number of hydrogen-bond donors (Lipinski definition) is 2. The number of ether oxygens (including phenoxy) is 2. The van der Waals surface area contributed by atoms with E-state index in [0.717, 1.165) is 25.2 Å². The number of rotatable bonds is 8. The summed E-state index contributed by atoms with van der Waals surface area (Å²) in [5, 5.41) is 15.8. The van der Waals surface area contributed by atoms with Crippen LogP contribution in [0.5, 0.6) is 11.5 Å². The number of nitrogens with zero attached hydrogens (tertiary/aromatic N) is 5. The quantitative estimate of drug-likeness (QED) is 0.402. The van der Waals surface area contributed by atoms with Crippen molar-refractivity contribution in [1.29, 1.82) is 0 Å². The number of nitrogens with one attached hydrogen (secondary N) is 1. The highest BCUT2D eigenvalue weighted by molar-refractivity contribution is 5.95. The van der Waals surface area contributed by atoms with E-state index in [1.54, 1.807) is 0 Å². The van der Waals surface area contributed by atoms with Gasteiger partial charge < -0.3 is 19.9 Å². The predicted molar refractivity (Wildman–Crippen MR) is 112 cm³/mol. The zero-order valence-corrected chi connectivity index (χ0v) is 19.0. The highest BCUT2D eigenvalue weighted by Crippen LogP contribution is 2.39. The average Bonchev–Trinajstić information content (AvgIpc) is 3.54. The molecule has 0 spiro atoms. The van der Waals surface area contributed by atoms with Gasteiger partial charge in [-0.3, -0.25) is 4.79 Å². The van der Waals surface area contributed by atoms with Gasteiger partial charge in [-0.25, -0.2) is 19.7 Å². The van der Waals surface area contributed by atoms with Crippen LogP contribution in [0.2, 0.25) is 0 Å². The second-order valence-electron chi connectivity index (χ2n) is 8.06. The van der Waals surface area contributed by atoms with E-state index in [1.807, 2.05) is 0 Å². The number of alkyl halides is 6. The third kappa shape index (κ3) is 6.65. The highest BCUT2D eigenvalue weighted by Gasteiger charge is 2.35. The molecule has 2 heterocycles. The van der Waals surface area contributed by atoms with E-state index >= 15 is 0 Å². The van der Waals surface area contributed by atoms with Gasteiger partial charge in [0.1, 0.15) is 11.5 Å². The van der Waals surface area contributed by atoms with Crippen LogP contribution in [0.1, 0.15) is 64.2 Å². The number of carbonyl (C=O) groups is 2. The fourth-order valence-electron chi connectivity index (χ4n) is 3.28. The summed E-state index contributed by atoms with van der Waals surface area (Å²) >= 11 is 0. The van der Waals surface area contributed by atoms with Crippen LogP contribution in [-0.4, -0.2) is 54.4 Å².